The lowest BCUT2D eigenvalue weighted by atomic mass is 9.74. The summed E-state index contributed by atoms with van der Waals surface area (Å²) in [5, 5.41) is 12.4. The van der Waals surface area contributed by atoms with E-state index in [1.54, 1.807) is 5.38 Å². The van der Waals surface area contributed by atoms with Gasteiger partial charge in [-0.15, -0.1) is 0 Å². The molecular weight excluding hydrogens is 408 g/mol. The van der Waals surface area contributed by atoms with Gasteiger partial charge in [0.2, 0.25) is 10.0 Å². The number of thiophene rings is 1. The molecule has 1 aliphatic rings. The molecule has 0 bridgehead atoms. The van der Waals surface area contributed by atoms with Crippen molar-refractivity contribution in [1.82, 2.24) is 4.31 Å². The van der Waals surface area contributed by atoms with E-state index >= 15 is 0 Å². The quantitative estimate of drug-likeness (QED) is 0.747. The van der Waals surface area contributed by atoms with Gasteiger partial charge < -0.3 is 5.11 Å². The number of rotatable bonds is 4. The molecule has 0 saturated heterocycles. The molecule has 0 unspecified atom stereocenters. The second-order valence-electron chi connectivity index (χ2n) is 6.25. The van der Waals surface area contributed by atoms with E-state index in [2.05, 4.69) is 0 Å². The van der Waals surface area contributed by atoms with E-state index in [0.717, 1.165) is 15.6 Å². The van der Waals surface area contributed by atoms with Crippen molar-refractivity contribution in [3.05, 3.63) is 16.8 Å². The number of hydrogen-bond acceptors (Lipinski definition) is 4. The summed E-state index contributed by atoms with van der Waals surface area (Å²) in [6, 6.07) is 0.635. The van der Waals surface area contributed by atoms with Gasteiger partial charge in [-0.3, -0.25) is 0 Å². The standard InChI is InChI=1S/C14H17F6NO3S2/c1-21(26(23,24)11-6-7-25-8-11)10-4-2-9(3-5-10)12(22,13(15,16)17)14(18,19)20/h6-10,22H,2-5H2,1H3. The van der Waals surface area contributed by atoms with Gasteiger partial charge in [0, 0.05) is 24.4 Å². The summed E-state index contributed by atoms with van der Waals surface area (Å²) in [5.74, 6) is -2.07. The largest absolute Gasteiger partial charge is 0.426 e. The van der Waals surface area contributed by atoms with Crippen LogP contribution in [0.2, 0.25) is 0 Å². The third-order valence-corrected chi connectivity index (χ3v) is 7.58. The van der Waals surface area contributed by atoms with Gasteiger partial charge in [0.05, 0.1) is 4.90 Å². The predicted octanol–water partition coefficient (Wildman–Crippen LogP) is 3.78. The number of alkyl halides is 6. The highest BCUT2D eigenvalue weighted by Crippen LogP contribution is 2.51. The second kappa shape index (κ2) is 6.95. The highest BCUT2D eigenvalue weighted by molar-refractivity contribution is 7.89. The van der Waals surface area contributed by atoms with Crippen molar-refractivity contribution in [2.75, 3.05) is 7.05 Å². The summed E-state index contributed by atoms with van der Waals surface area (Å²) >= 11 is 1.15. The number of sulfonamides is 1. The Morgan fingerprint density at radius 2 is 1.58 bits per heavy atom. The predicted molar refractivity (Wildman–Crippen MR) is 82.1 cm³/mol. The highest BCUT2D eigenvalue weighted by atomic mass is 32.2. The van der Waals surface area contributed by atoms with E-state index in [1.165, 1.54) is 18.5 Å². The molecule has 1 fully saturated rings. The molecule has 0 atom stereocenters. The molecular formula is C14H17F6NO3S2. The Morgan fingerprint density at radius 1 is 1.08 bits per heavy atom. The maximum absolute atomic E-state index is 12.9. The van der Waals surface area contributed by atoms with Crippen molar-refractivity contribution in [3.63, 3.8) is 0 Å². The lowest BCUT2D eigenvalue weighted by Crippen LogP contribution is -2.62. The van der Waals surface area contributed by atoms with Gasteiger partial charge in [-0.25, -0.2) is 8.42 Å². The van der Waals surface area contributed by atoms with Gasteiger partial charge in [0.25, 0.3) is 5.60 Å². The topological polar surface area (TPSA) is 57.6 Å². The maximum atomic E-state index is 12.9. The minimum absolute atomic E-state index is 0.0224. The molecule has 1 heterocycles. The molecule has 1 N–H and O–H groups in total. The first-order valence-corrected chi connectivity index (χ1v) is 9.97. The number of halogens is 6. The molecule has 150 valence electrons. The fraction of sp³-hybridized carbons (Fsp3) is 0.714. The number of nitrogens with zero attached hydrogens (tertiary/aromatic N) is 1. The SMILES string of the molecule is CN(C1CCC(C(O)(C(F)(F)F)C(F)(F)F)CC1)S(=O)(=O)c1ccsc1. The molecule has 2 rings (SSSR count). The van der Waals surface area contributed by atoms with E-state index in [4.69, 9.17) is 0 Å². The van der Waals surface area contributed by atoms with Gasteiger partial charge in [-0.05, 0) is 37.1 Å². The average Bonchev–Trinajstić information content (AvgIpc) is 3.06. The van der Waals surface area contributed by atoms with Crippen molar-refractivity contribution < 1.29 is 39.9 Å². The summed E-state index contributed by atoms with van der Waals surface area (Å²) < 4.78 is 103. The van der Waals surface area contributed by atoms with Crippen LogP contribution < -0.4 is 0 Å². The summed E-state index contributed by atoms with van der Waals surface area (Å²) in [5.41, 5.74) is -4.80. The first kappa shape index (κ1) is 21.5. The van der Waals surface area contributed by atoms with Crippen LogP contribution in [0, 0.1) is 5.92 Å². The first-order valence-electron chi connectivity index (χ1n) is 7.59. The van der Waals surface area contributed by atoms with E-state index < -0.39 is 52.8 Å². The summed E-state index contributed by atoms with van der Waals surface area (Å²) in [4.78, 5) is 0.0224. The molecule has 0 aliphatic heterocycles. The minimum Gasteiger partial charge on any atom is -0.373 e. The van der Waals surface area contributed by atoms with Crippen molar-refractivity contribution in [3.8, 4) is 0 Å². The Balaban J connectivity index is 2.16. The fourth-order valence-electron chi connectivity index (χ4n) is 3.24. The maximum Gasteiger partial charge on any atom is 0.426 e. The van der Waals surface area contributed by atoms with Crippen LogP contribution in [0.15, 0.2) is 21.7 Å². The summed E-state index contributed by atoms with van der Waals surface area (Å²) in [6.07, 6.45) is -13.3. The van der Waals surface area contributed by atoms with Gasteiger partial charge in [0.1, 0.15) is 0 Å². The molecule has 12 heteroatoms. The third-order valence-electron chi connectivity index (χ3n) is 4.84. The number of hydrogen-bond donors (Lipinski definition) is 1. The van der Waals surface area contributed by atoms with Crippen molar-refractivity contribution >= 4 is 21.4 Å². The monoisotopic (exact) mass is 425 g/mol. The van der Waals surface area contributed by atoms with Crippen LogP contribution in [0.4, 0.5) is 26.3 Å². The molecule has 4 nitrogen and oxygen atoms in total. The van der Waals surface area contributed by atoms with Gasteiger partial charge in [-0.1, -0.05) is 0 Å². The van der Waals surface area contributed by atoms with Crippen molar-refractivity contribution in [1.29, 1.82) is 0 Å². The molecule has 0 radical (unpaired) electrons. The molecule has 1 aromatic heterocycles. The Kier molecular flexibility index (Phi) is 5.73. The molecule has 0 amide bonds. The normalized spacial score (nSPS) is 23.4. The summed E-state index contributed by atoms with van der Waals surface area (Å²) in [7, 11) is -2.62. The zero-order chi connectivity index (χ0) is 20.0. The molecule has 26 heavy (non-hydrogen) atoms. The van der Waals surface area contributed by atoms with Gasteiger partial charge in [0.15, 0.2) is 0 Å². The zero-order valence-corrected chi connectivity index (χ0v) is 15.1. The lowest BCUT2D eigenvalue weighted by molar-refractivity contribution is -0.387. The molecule has 1 saturated carbocycles. The fourth-order valence-corrected chi connectivity index (χ4v) is 5.67. The Morgan fingerprint density at radius 3 is 1.96 bits per heavy atom. The Labute approximate surface area is 150 Å². The van der Waals surface area contributed by atoms with Gasteiger partial charge in [-0.2, -0.15) is 42.0 Å². The van der Waals surface area contributed by atoms with E-state index in [0.29, 0.717) is 0 Å². The van der Waals surface area contributed by atoms with Crippen LogP contribution in [0.5, 0.6) is 0 Å². The Bertz CT molecular complexity index is 692. The zero-order valence-electron chi connectivity index (χ0n) is 13.5. The van der Waals surface area contributed by atoms with Crippen LogP contribution in [0.25, 0.3) is 0 Å². The number of aliphatic hydroxyl groups is 1. The second-order valence-corrected chi connectivity index (χ2v) is 9.03. The van der Waals surface area contributed by atoms with E-state index in [1.807, 2.05) is 0 Å². The lowest BCUT2D eigenvalue weighted by Gasteiger charge is -2.43. The molecule has 1 aliphatic carbocycles. The van der Waals surface area contributed by atoms with Crippen LogP contribution in [-0.2, 0) is 10.0 Å². The van der Waals surface area contributed by atoms with Gasteiger partial charge >= 0.3 is 12.4 Å². The smallest absolute Gasteiger partial charge is 0.373 e. The van der Waals surface area contributed by atoms with E-state index in [9.17, 15) is 39.9 Å². The third kappa shape index (κ3) is 3.60. The van der Waals surface area contributed by atoms with Crippen LogP contribution in [0.1, 0.15) is 25.7 Å². The van der Waals surface area contributed by atoms with Crippen molar-refractivity contribution in [2.45, 2.75) is 54.6 Å². The minimum atomic E-state index is -5.86. The van der Waals surface area contributed by atoms with E-state index in [-0.39, 0.29) is 17.7 Å². The summed E-state index contributed by atoms with van der Waals surface area (Å²) in [6.45, 7) is 0. The molecule has 0 aromatic carbocycles. The molecule has 1 aromatic rings. The van der Waals surface area contributed by atoms with Crippen LogP contribution >= 0.6 is 11.3 Å². The molecule has 0 spiro atoms. The van der Waals surface area contributed by atoms with Crippen LogP contribution in [-0.4, -0.2) is 48.9 Å². The Hall–Kier alpha value is -0.850. The highest BCUT2D eigenvalue weighted by Gasteiger charge is 2.73. The first-order chi connectivity index (χ1) is 11.7. The van der Waals surface area contributed by atoms with Crippen molar-refractivity contribution in [2.24, 2.45) is 5.92 Å². The van der Waals surface area contributed by atoms with Crippen LogP contribution in [0.3, 0.4) is 0 Å². The average molecular weight is 425 g/mol.